The number of carbonyl (C=O) groups excluding carboxylic acids is 4. The third kappa shape index (κ3) is 25.0. The Morgan fingerprint density at radius 2 is 0.862 bits per heavy atom. The lowest BCUT2D eigenvalue weighted by atomic mass is 9.78. The summed E-state index contributed by atoms with van der Waals surface area (Å²) in [5.41, 5.74) is 9.51. The molecule has 0 bridgehead atoms. The van der Waals surface area contributed by atoms with E-state index in [9.17, 15) is 70.3 Å². The summed E-state index contributed by atoms with van der Waals surface area (Å²) in [6.45, 7) is 5.73. The zero-order valence-electron chi connectivity index (χ0n) is 62.2. The molecule has 0 unspecified atom stereocenters. The number of amides is 2. The van der Waals surface area contributed by atoms with Crippen LogP contribution in [0.2, 0.25) is 0 Å². The van der Waals surface area contributed by atoms with E-state index in [2.05, 4.69) is 76.7 Å². The van der Waals surface area contributed by atoms with Gasteiger partial charge in [0, 0.05) is 91.4 Å². The number of aromatic carboxylic acids is 1. The number of fused-ring (bicyclic) bond motifs is 3. The molecule has 27 nitrogen and oxygen atoms in total. The molecule has 11 rings (SSSR count). The van der Waals surface area contributed by atoms with Gasteiger partial charge in [0.1, 0.15) is 105 Å². The number of hydrogen-bond donors (Lipinski definition) is 7. The minimum absolute atomic E-state index is 0. The van der Waals surface area contributed by atoms with Gasteiger partial charge in [0.05, 0.1) is 102 Å². The van der Waals surface area contributed by atoms with Crippen LogP contribution in [0.1, 0.15) is 73.1 Å². The van der Waals surface area contributed by atoms with Crippen molar-refractivity contribution in [1.29, 1.82) is 0 Å². The molecule has 0 fully saturated rings. The molecule has 0 saturated heterocycles. The SMILES string of the molecule is CCOCc1cc(OC)c(-c2cnc(C[C@H](NC(=O)c3c(F)cccc3F)C(=O)O)c3cccnc23)c(OC)c1.CCOCc1cc(OC)c(B(O)O)c(OC)c1.COC(=O)[C@H](Cc1ncc(Br)c2ncccc12)NC(=O)c1c(F)cccc1F.Cl.Cl.N[C@@H](Cc1ncc(Br)c2ncccc12)C(=O)OCl.O=C(O)c1c(F)cccc1F. The molecule has 0 spiro atoms. The van der Waals surface area contributed by atoms with E-state index in [1.807, 2.05) is 32.0 Å². The van der Waals surface area contributed by atoms with E-state index in [0.717, 1.165) is 88.2 Å². The van der Waals surface area contributed by atoms with Gasteiger partial charge in [-0.25, -0.2) is 45.5 Å². The van der Waals surface area contributed by atoms with Crippen LogP contribution in [0.25, 0.3) is 43.8 Å². The van der Waals surface area contributed by atoms with E-state index in [1.165, 1.54) is 40.8 Å². The molecule has 8 N–H and O–H groups in total. The molecule has 39 heteroatoms. The van der Waals surface area contributed by atoms with E-state index in [1.54, 1.807) is 67.3 Å². The second-order valence-corrected chi connectivity index (χ2v) is 25.3. The molecule has 2 amide bonds. The van der Waals surface area contributed by atoms with Crippen molar-refractivity contribution in [1.82, 2.24) is 40.5 Å². The molecule has 0 aliphatic heterocycles. The summed E-state index contributed by atoms with van der Waals surface area (Å²) in [7, 11) is 5.49. The number of pyridine rings is 6. The maximum absolute atomic E-state index is 14.1. The van der Waals surface area contributed by atoms with Gasteiger partial charge in [-0.2, -0.15) is 0 Å². The van der Waals surface area contributed by atoms with Crippen LogP contribution in [-0.2, 0) is 65.4 Å². The molecule has 6 heterocycles. The number of esters is 1. The van der Waals surface area contributed by atoms with Gasteiger partial charge in [-0.15, -0.1) is 24.8 Å². The zero-order valence-corrected chi connectivity index (χ0v) is 67.7. The van der Waals surface area contributed by atoms with Crippen molar-refractivity contribution in [2.24, 2.45) is 5.73 Å². The van der Waals surface area contributed by atoms with Crippen LogP contribution in [0.4, 0.5) is 26.3 Å². The Hall–Kier alpha value is -10.9. The Labute approximate surface area is 693 Å². The van der Waals surface area contributed by atoms with Crippen molar-refractivity contribution in [3.8, 4) is 34.1 Å². The van der Waals surface area contributed by atoms with Gasteiger partial charge < -0.3 is 74.1 Å². The number of nitrogens with zero attached hydrogens (tertiary/aromatic N) is 6. The first kappa shape index (κ1) is 95.7. The predicted molar refractivity (Wildman–Crippen MR) is 426 cm³/mol. The summed E-state index contributed by atoms with van der Waals surface area (Å²) >= 11 is 11.7. The van der Waals surface area contributed by atoms with Gasteiger partial charge in [-0.05, 0) is 154 Å². The molecule has 0 aliphatic rings. The van der Waals surface area contributed by atoms with Gasteiger partial charge in [0.2, 0.25) is 0 Å². The van der Waals surface area contributed by atoms with Crippen LogP contribution in [0, 0.1) is 34.9 Å². The van der Waals surface area contributed by atoms with Crippen LogP contribution in [0.3, 0.4) is 0 Å². The van der Waals surface area contributed by atoms with Gasteiger partial charge in [0.25, 0.3) is 11.8 Å². The fraction of sp³-hybridized carbons (Fsp3) is 0.221. The number of carboxylic acids is 2. The van der Waals surface area contributed by atoms with Crippen molar-refractivity contribution in [2.75, 3.05) is 48.8 Å². The highest BCUT2D eigenvalue weighted by Crippen LogP contribution is 2.43. The van der Waals surface area contributed by atoms with Crippen LogP contribution in [0.15, 0.2) is 161 Å². The first-order chi connectivity index (χ1) is 54.6. The van der Waals surface area contributed by atoms with Gasteiger partial charge in [-0.1, -0.05) is 18.2 Å². The number of carboxylic acid groups (broad SMARTS) is 2. The fourth-order valence-corrected chi connectivity index (χ4v) is 11.9. The largest absolute Gasteiger partial charge is 0.497 e. The Morgan fingerprint density at radius 1 is 0.500 bits per heavy atom. The number of benzene rings is 5. The fourth-order valence-electron chi connectivity index (χ4n) is 10.9. The Morgan fingerprint density at radius 3 is 1.22 bits per heavy atom. The number of aliphatic carboxylic acids is 1. The lowest BCUT2D eigenvalue weighted by molar-refractivity contribution is -0.143. The predicted octanol–water partition coefficient (Wildman–Crippen LogP) is 12.1. The molecule has 0 radical (unpaired) electrons. The Balaban J connectivity index is 0.000000275. The highest BCUT2D eigenvalue weighted by molar-refractivity contribution is 9.11. The number of ether oxygens (including phenoxy) is 7. The molecule has 11 aromatic rings. The molecule has 3 atom stereocenters. The second kappa shape index (κ2) is 46.6. The van der Waals surface area contributed by atoms with Gasteiger partial charge in [0.15, 0.2) is 0 Å². The molecular formula is C77H73BBr2Cl3F6N9O18. The topological polar surface area (TPSA) is 385 Å². The average Bonchev–Trinajstić information content (AvgIpc) is 0.763. The standard InChI is InChI=1S/C29H27F2N3O6.C19H14BrF2N3O3.C11H17BO5.C11H9BrClN3O2.C7H4F2O2.2ClH/c1-4-40-15-16-11-23(38-2)25(24(12-16)39-3)18-14-33-21(17-7-6-10-32-27(17)18)13-22(29(36)37)34-28(35)26-19(30)8-5-9-20(26)31;1-28-19(27)15(25-18(26)16-12(21)5-2-6-13(16)22)8-14-10-4-3-7-23-17(10)11(20)9-24-14;1-4-17-7-8-5-9(15-2)11(12(13)14)10(6-8)16-3;12-7-5-16-9(4-8(14)11(17)18-13)6-2-1-3-15-10(6)7;8-4-2-1-3-5(9)6(4)7(10)11;;/h5-12,14,22H,4,13,15H2,1-3H3,(H,34,35)(H,36,37);2-7,9,15H,8H2,1H3,(H,25,26);5-6,13-14H,4,7H2,1-3H3;1-3,5,8H,4,14H2;1-3H,(H,10,11);2*1H/t22-;15-;;8-;;;/m00.0.../s1. The third-order valence-corrected chi connectivity index (χ3v) is 17.6. The molecular weight excluding hydrogens is 1730 g/mol. The van der Waals surface area contributed by atoms with Crippen molar-refractivity contribution < 1.29 is 113 Å². The van der Waals surface area contributed by atoms with E-state index >= 15 is 0 Å². The van der Waals surface area contributed by atoms with Crippen molar-refractivity contribution in [3.63, 3.8) is 0 Å². The highest BCUT2D eigenvalue weighted by Gasteiger charge is 2.31. The number of hydrogen-bond acceptors (Lipinski definition) is 23. The summed E-state index contributed by atoms with van der Waals surface area (Å²) in [5.74, 6) is -11.4. The number of rotatable bonds is 26. The summed E-state index contributed by atoms with van der Waals surface area (Å²) in [6.07, 6.45) is 9.45. The quantitative estimate of drug-likeness (QED) is 0.0150. The average molecular weight is 1800 g/mol. The molecule has 0 saturated carbocycles. The third-order valence-electron chi connectivity index (χ3n) is 16.3. The van der Waals surface area contributed by atoms with E-state index in [0.29, 0.717) is 104 Å². The highest BCUT2D eigenvalue weighted by atomic mass is 79.9. The van der Waals surface area contributed by atoms with Crippen LogP contribution in [0.5, 0.6) is 23.0 Å². The second-order valence-electron chi connectivity index (χ2n) is 23.5. The normalized spacial score (nSPS) is 11.2. The maximum Gasteiger partial charge on any atom is 0.496 e. The number of nitrogens with two attached hydrogens (primary N) is 1. The van der Waals surface area contributed by atoms with Crippen molar-refractivity contribution in [3.05, 3.63) is 241 Å². The summed E-state index contributed by atoms with van der Waals surface area (Å²) in [5, 5.41) is 43.2. The minimum Gasteiger partial charge on any atom is -0.497 e. The molecule has 116 heavy (non-hydrogen) atoms. The number of methoxy groups -OCH3 is 5. The Bertz CT molecular complexity index is 5170. The summed E-state index contributed by atoms with van der Waals surface area (Å²) in [4.78, 5) is 96.6. The van der Waals surface area contributed by atoms with E-state index in [-0.39, 0.29) is 49.5 Å². The number of aromatic nitrogens is 6. The van der Waals surface area contributed by atoms with Crippen LogP contribution < -0.4 is 40.8 Å². The van der Waals surface area contributed by atoms with Gasteiger partial charge in [-0.3, -0.25) is 39.5 Å². The van der Waals surface area contributed by atoms with Crippen LogP contribution >= 0.6 is 68.5 Å². The van der Waals surface area contributed by atoms with Crippen molar-refractivity contribution in [2.45, 2.75) is 64.4 Å². The minimum atomic E-state index is -1.64. The summed E-state index contributed by atoms with van der Waals surface area (Å²) < 4.78 is 124. The van der Waals surface area contributed by atoms with E-state index in [4.69, 9.17) is 55.9 Å². The monoisotopic (exact) mass is 1800 g/mol. The molecule has 5 aromatic carbocycles. The Kier molecular flexibility index (Phi) is 38.4. The number of carbonyl (C=O) groups is 6. The maximum atomic E-state index is 14.1. The molecule has 6 aromatic heterocycles. The van der Waals surface area contributed by atoms with Crippen molar-refractivity contribution >= 4 is 150 Å². The zero-order chi connectivity index (χ0) is 83.5. The smallest absolute Gasteiger partial charge is 0.496 e. The van der Waals surface area contributed by atoms with Gasteiger partial charge >= 0.3 is 31.0 Å². The number of halogens is 11. The molecule has 0 aliphatic carbocycles. The first-order valence-corrected chi connectivity index (χ1v) is 35.6. The van der Waals surface area contributed by atoms with E-state index < -0.39 is 113 Å². The molecule has 614 valence electrons. The lowest BCUT2D eigenvalue weighted by Crippen LogP contribution is -2.43. The van der Waals surface area contributed by atoms with Crippen LogP contribution in [-0.4, -0.2) is 160 Å². The first-order valence-electron chi connectivity index (χ1n) is 33.7. The summed E-state index contributed by atoms with van der Waals surface area (Å²) in [6, 6.07) is 22.9. The number of nitrogens with one attached hydrogen (secondary N) is 2. The lowest BCUT2D eigenvalue weighted by Gasteiger charge is -2.19.